The van der Waals surface area contributed by atoms with E-state index < -0.39 is 15.4 Å². The lowest BCUT2D eigenvalue weighted by atomic mass is 10.0. The monoisotopic (exact) mass is 331 g/mol. The van der Waals surface area contributed by atoms with Crippen LogP contribution < -0.4 is 0 Å². The van der Waals surface area contributed by atoms with Gasteiger partial charge in [0.15, 0.2) is 0 Å². The fraction of sp³-hybridized carbons (Fsp3) is 0.533. The van der Waals surface area contributed by atoms with Crippen LogP contribution in [0, 0.1) is 6.92 Å². The second kappa shape index (κ2) is 6.36. The Labute approximate surface area is 132 Å². The van der Waals surface area contributed by atoms with Crippen molar-refractivity contribution in [3.05, 3.63) is 34.3 Å². The summed E-state index contributed by atoms with van der Waals surface area (Å²) in [5.74, 6) is -0.263. The van der Waals surface area contributed by atoms with Crippen LogP contribution in [0.15, 0.2) is 18.2 Å². The first-order valence-electron chi connectivity index (χ1n) is 6.67. The number of sulfone groups is 1. The molecule has 0 atom stereocenters. The number of rotatable bonds is 4. The molecule has 1 aromatic carbocycles. The van der Waals surface area contributed by atoms with Crippen molar-refractivity contribution in [2.24, 2.45) is 0 Å². The Balaban J connectivity index is 3.14. The second-order valence-corrected chi connectivity index (χ2v) is 8.91. The van der Waals surface area contributed by atoms with Gasteiger partial charge in [-0.15, -0.1) is 0 Å². The predicted octanol–water partition coefficient (Wildman–Crippen LogP) is 2.93. The summed E-state index contributed by atoms with van der Waals surface area (Å²) >= 11 is 5.96. The summed E-state index contributed by atoms with van der Waals surface area (Å²) in [6.07, 6.45) is 1.17. The summed E-state index contributed by atoms with van der Waals surface area (Å²) < 4.78 is 22.8. The van der Waals surface area contributed by atoms with Gasteiger partial charge in [-0.05, 0) is 45.4 Å². The third-order valence-electron chi connectivity index (χ3n) is 3.17. The zero-order valence-corrected chi connectivity index (χ0v) is 14.7. The Morgan fingerprint density at radius 2 is 1.86 bits per heavy atom. The highest BCUT2D eigenvalue weighted by molar-refractivity contribution is 7.90. The van der Waals surface area contributed by atoms with Crippen molar-refractivity contribution >= 4 is 27.3 Å². The molecule has 0 aliphatic carbocycles. The fourth-order valence-electron chi connectivity index (χ4n) is 1.97. The molecule has 0 saturated heterocycles. The number of aryl methyl sites for hydroxylation is 1. The molecule has 1 aromatic rings. The average Bonchev–Trinajstić information content (AvgIpc) is 2.29. The maximum Gasteiger partial charge on any atom is 0.254 e. The largest absolute Gasteiger partial charge is 0.333 e. The summed E-state index contributed by atoms with van der Waals surface area (Å²) in [6.45, 7) is 7.64. The summed E-state index contributed by atoms with van der Waals surface area (Å²) in [7, 11) is -3.13. The molecule has 0 radical (unpaired) electrons. The molecule has 21 heavy (non-hydrogen) atoms. The van der Waals surface area contributed by atoms with E-state index in [0.29, 0.717) is 10.6 Å². The molecule has 1 rings (SSSR count). The lowest BCUT2D eigenvalue weighted by molar-refractivity contribution is 0.0600. The third-order valence-corrected chi connectivity index (χ3v) is 4.33. The average molecular weight is 332 g/mol. The molecule has 0 spiro atoms. The van der Waals surface area contributed by atoms with Gasteiger partial charge in [0.25, 0.3) is 5.91 Å². The van der Waals surface area contributed by atoms with Gasteiger partial charge in [0.1, 0.15) is 9.84 Å². The number of hydrogen-bond acceptors (Lipinski definition) is 3. The highest BCUT2D eigenvalue weighted by Crippen LogP contribution is 2.22. The van der Waals surface area contributed by atoms with Crippen LogP contribution in [0.25, 0.3) is 0 Å². The minimum Gasteiger partial charge on any atom is -0.333 e. The van der Waals surface area contributed by atoms with Crippen LogP contribution in [0.3, 0.4) is 0 Å². The minimum absolute atomic E-state index is 0.0599. The van der Waals surface area contributed by atoms with E-state index in [4.69, 9.17) is 11.6 Å². The Morgan fingerprint density at radius 3 is 2.33 bits per heavy atom. The highest BCUT2D eigenvalue weighted by atomic mass is 35.5. The molecule has 0 heterocycles. The number of halogens is 1. The topological polar surface area (TPSA) is 54.5 Å². The van der Waals surface area contributed by atoms with E-state index in [1.165, 1.54) is 6.26 Å². The molecular weight excluding hydrogens is 310 g/mol. The molecule has 0 N–H and O–H groups in total. The van der Waals surface area contributed by atoms with Gasteiger partial charge < -0.3 is 4.90 Å². The second-order valence-electron chi connectivity index (χ2n) is 6.22. The predicted molar refractivity (Wildman–Crippen MR) is 86.7 cm³/mol. The van der Waals surface area contributed by atoms with Crippen LogP contribution in [0.4, 0.5) is 0 Å². The van der Waals surface area contributed by atoms with E-state index >= 15 is 0 Å². The molecule has 118 valence electrons. The fourth-order valence-corrected chi connectivity index (χ4v) is 2.66. The van der Waals surface area contributed by atoms with Gasteiger partial charge in [0, 0.05) is 28.9 Å². The van der Waals surface area contributed by atoms with Crippen molar-refractivity contribution < 1.29 is 13.2 Å². The maximum atomic E-state index is 12.8. The van der Waals surface area contributed by atoms with Gasteiger partial charge in [0.2, 0.25) is 0 Å². The molecule has 6 heteroatoms. The van der Waals surface area contributed by atoms with Gasteiger partial charge in [-0.1, -0.05) is 17.7 Å². The van der Waals surface area contributed by atoms with Crippen molar-refractivity contribution in [3.8, 4) is 0 Å². The molecule has 0 bridgehead atoms. The SMILES string of the molecule is Cc1ccc(Cl)cc1C(=O)N(CCS(C)(=O)=O)C(C)(C)C. The number of hydrogen-bond donors (Lipinski definition) is 0. The van der Waals surface area contributed by atoms with Crippen molar-refractivity contribution in [3.63, 3.8) is 0 Å². The Hall–Kier alpha value is -1.07. The number of carbonyl (C=O) groups excluding carboxylic acids is 1. The van der Waals surface area contributed by atoms with Crippen LogP contribution in [0.1, 0.15) is 36.7 Å². The Morgan fingerprint density at radius 1 is 1.29 bits per heavy atom. The van der Waals surface area contributed by atoms with Gasteiger partial charge in [-0.25, -0.2) is 8.42 Å². The molecule has 1 amide bonds. The van der Waals surface area contributed by atoms with E-state index in [1.807, 2.05) is 27.7 Å². The zero-order chi connectivity index (χ0) is 16.4. The number of nitrogens with zero attached hydrogens (tertiary/aromatic N) is 1. The quantitative estimate of drug-likeness (QED) is 0.852. The highest BCUT2D eigenvalue weighted by Gasteiger charge is 2.28. The first-order valence-corrected chi connectivity index (χ1v) is 9.11. The van der Waals surface area contributed by atoms with E-state index in [0.717, 1.165) is 5.56 Å². The summed E-state index contributed by atoms with van der Waals surface area (Å²) in [5, 5.41) is 0.487. The molecular formula is C15H22ClNO3S. The first kappa shape index (κ1) is 18.0. The molecule has 0 saturated carbocycles. The first-order chi connectivity index (χ1) is 9.42. The van der Waals surface area contributed by atoms with Crippen molar-refractivity contribution in [1.29, 1.82) is 0 Å². The van der Waals surface area contributed by atoms with E-state index in [-0.39, 0.29) is 18.2 Å². The maximum absolute atomic E-state index is 12.8. The van der Waals surface area contributed by atoms with Crippen molar-refractivity contribution in [2.75, 3.05) is 18.6 Å². The van der Waals surface area contributed by atoms with Crippen LogP contribution in [0.2, 0.25) is 5.02 Å². The van der Waals surface area contributed by atoms with E-state index in [9.17, 15) is 13.2 Å². The molecule has 0 fully saturated rings. The van der Waals surface area contributed by atoms with Crippen molar-refractivity contribution in [2.45, 2.75) is 33.2 Å². The minimum atomic E-state index is -3.13. The van der Waals surface area contributed by atoms with Crippen LogP contribution in [-0.4, -0.2) is 43.3 Å². The normalized spacial score (nSPS) is 12.3. The van der Waals surface area contributed by atoms with Crippen LogP contribution in [-0.2, 0) is 9.84 Å². The lowest BCUT2D eigenvalue weighted by Crippen LogP contribution is -2.47. The molecule has 0 aromatic heterocycles. The van der Waals surface area contributed by atoms with Gasteiger partial charge in [0.05, 0.1) is 5.75 Å². The van der Waals surface area contributed by atoms with Crippen LogP contribution >= 0.6 is 11.6 Å². The van der Waals surface area contributed by atoms with Crippen molar-refractivity contribution in [1.82, 2.24) is 4.90 Å². The number of benzene rings is 1. The Bertz CT molecular complexity index is 633. The van der Waals surface area contributed by atoms with Gasteiger partial charge in [-0.3, -0.25) is 4.79 Å². The van der Waals surface area contributed by atoms with Gasteiger partial charge in [-0.2, -0.15) is 0 Å². The standard InChI is InChI=1S/C15H22ClNO3S/c1-11-6-7-12(16)10-13(11)14(18)17(15(2,3)4)8-9-21(5,19)20/h6-7,10H,8-9H2,1-5H3. The summed E-state index contributed by atoms with van der Waals surface area (Å²) in [6, 6.07) is 5.14. The zero-order valence-electron chi connectivity index (χ0n) is 13.1. The van der Waals surface area contributed by atoms with Crippen LogP contribution in [0.5, 0.6) is 0 Å². The molecule has 0 aliphatic heterocycles. The summed E-state index contributed by atoms with van der Waals surface area (Å²) in [4.78, 5) is 14.3. The third kappa shape index (κ3) is 5.32. The van der Waals surface area contributed by atoms with E-state index in [2.05, 4.69) is 0 Å². The summed E-state index contributed by atoms with van der Waals surface area (Å²) in [5.41, 5.74) is 0.847. The van der Waals surface area contributed by atoms with Gasteiger partial charge >= 0.3 is 0 Å². The smallest absolute Gasteiger partial charge is 0.254 e. The number of amides is 1. The molecule has 4 nitrogen and oxygen atoms in total. The Kier molecular flexibility index (Phi) is 5.45. The molecule has 0 unspecified atom stereocenters. The lowest BCUT2D eigenvalue weighted by Gasteiger charge is -2.36. The number of carbonyl (C=O) groups is 1. The van der Waals surface area contributed by atoms with E-state index in [1.54, 1.807) is 23.1 Å². The molecule has 0 aliphatic rings.